The summed E-state index contributed by atoms with van der Waals surface area (Å²) in [4.78, 5) is 37.4. The predicted octanol–water partition coefficient (Wildman–Crippen LogP) is 11.3. The molecule has 53 heavy (non-hydrogen) atoms. The van der Waals surface area contributed by atoms with Crippen molar-refractivity contribution in [1.29, 1.82) is 0 Å². The molecule has 9 nitrogen and oxygen atoms in total. The second-order valence-corrected chi connectivity index (χ2v) is 17.1. The minimum atomic E-state index is -4.62. The number of quaternary nitrogens is 1. The molecule has 0 aliphatic rings. The average molecular weight is 772 g/mol. The number of rotatable bonds is 39. The van der Waals surface area contributed by atoms with Crippen molar-refractivity contribution in [2.75, 3.05) is 47.5 Å². The molecule has 0 radical (unpaired) electrons. The van der Waals surface area contributed by atoms with Gasteiger partial charge in [0.25, 0.3) is 7.82 Å². The largest absolute Gasteiger partial charge is 0.756 e. The number of hydrogen-bond donors (Lipinski definition) is 0. The van der Waals surface area contributed by atoms with Crippen LogP contribution in [0.5, 0.6) is 0 Å². The molecular weight excluding hydrogens is 689 g/mol. The zero-order valence-corrected chi connectivity index (χ0v) is 35.9. The van der Waals surface area contributed by atoms with Crippen LogP contribution in [0, 0.1) is 0 Å². The van der Waals surface area contributed by atoms with Gasteiger partial charge in [-0.3, -0.25) is 14.2 Å². The third-order valence-electron chi connectivity index (χ3n) is 9.22. The summed E-state index contributed by atoms with van der Waals surface area (Å²) < 4.78 is 33.8. The van der Waals surface area contributed by atoms with Gasteiger partial charge >= 0.3 is 11.9 Å². The first-order chi connectivity index (χ1) is 25.5. The second kappa shape index (κ2) is 36.1. The first-order valence-electron chi connectivity index (χ1n) is 21.5. The maximum atomic E-state index is 12.7. The summed E-state index contributed by atoms with van der Waals surface area (Å²) in [7, 11) is 1.17. The normalized spacial score (nSPS) is 13.8. The standard InChI is InChI=1S/C43H82NO8P/c1-6-8-10-12-14-16-18-19-20-21-22-23-24-25-26-28-30-32-34-36-43(46)52-41(40-51-53(47,48)50-38-37-44(3,4)5)39-49-42(45)35-33-31-29-27-17-15-13-11-9-7-2/h14,16,19-20,41H,6-13,15,17-18,21-40H2,1-5H3/b16-14-,20-19-. The van der Waals surface area contributed by atoms with E-state index in [0.717, 1.165) is 51.4 Å². The van der Waals surface area contributed by atoms with Crippen LogP contribution in [0.4, 0.5) is 0 Å². The molecule has 312 valence electrons. The SMILES string of the molecule is CCCCC/C=C\C/C=C\CCCCCCCCCCCC(=O)OC(COC(=O)CCCCCCCCCCCC)COP(=O)([O-])OCC[N+](C)(C)C. The highest BCUT2D eigenvalue weighted by Crippen LogP contribution is 2.38. The monoisotopic (exact) mass is 772 g/mol. The van der Waals surface area contributed by atoms with Crippen molar-refractivity contribution in [3.63, 3.8) is 0 Å². The lowest BCUT2D eigenvalue weighted by molar-refractivity contribution is -0.870. The van der Waals surface area contributed by atoms with E-state index in [4.69, 9.17) is 18.5 Å². The van der Waals surface area contributed by atoms with Crippen molar-refractivity contribution in [2.24, 2.45) is 0 Å². The molecule has 0 saturated carbocycles. The van der Waals surface area contributed by atoms with E-state index in [1.165, 1.54) is 103 Å². The lowest BCUT2D eigenvalue weighted by atomic mass is 10.1. The number of likely N-dealkylation sites (N-methyl/N-ethyl adjacent to an activating group) is 1. The average Bonchev–Trinajstić information content (AvgIpc) is 3.10. The molecule has 10 heteroatoms. The van der Waals surface area contributed by atoms with Gasteiger partial charge in [0.2, 0.25) is 0 Å². The summed E-state index contributed by atoms with van der Waals surface area (Å²) >= 11 is 0. The predicted molar refractivity (Wildman–Crippen MR) is 218 cm³/mol. The highest BCUT2D eigenvalue weighted by molar-refractivity contribution is 7.45. The molecule has 2 unspecified atom stereocenters. The Bertz CT molecular complexity index is 964. The smallest absolute Gasteiger partial charge is 0.306 e. The van der Waals surface area contributed by atoms with E-state index in [2.05, 4.69) is 38.2 Å². The number of phosphoric ester groups is 1. The highest BCUT2D eigenvalue weighted by atomic mass is 31.2. The molecule has 0 aromatic heterocycles. The summed E-state index contributed by atoms with van der Waals surface area (Å²) in [5.41, 5.74) is 0. The lowest BCUT2D eigenvalue weighted by Gasteiger charge is -2.28. The third kappa shape index (κ3) is 40.0. The second-order valence-electron chi connectivity index (χ2n) is 15.7. The van der Waals surface area contributed by atoms with Gasteiger partial charge in [-0.05, 0) is 44.9 Å². The van der Waals surface area contributed by atoms with Crippen LogP contribution >= 0.6 is 7.82 Å². The summed E-state index contributed by atoms with van der Waals surface area (Å²) in [6, 6.07) is 0. The molecule has 0 spiro atoms. The van der Waals surface area contributed by atoms with Crippen molar-refractivity contribution in [2.45, 2.75) is 193 Å². The quantitative estimate of drug-likeness (QED) is 0.0200. The zero-order chi connectivity index (χ0) is 39.3. The molecule has 0 aliphatic carbocycles. The Hall–Kier alpha value is -1.51. The number of nitrogens with zero attached hydrogens (tertiary/aromatic N) is 1. The molecule has 0 amide bonds. The van der Waals surface area contributed by atoms with Crippen LogP contribution in [-0.4, -0.2) is 70.0 Å². The van der Waals surface area contributed by atoms with E-state index in [9.17, 15) is 19.0 Å². The number of carbonyl (C=O) groups is 2. The molecular formula is C43H82NO8P. The molecule has 0 heterocycles. The first kappa shape index (κ1) is 51.5. The first-order valence-corrected chi connectivity index (χ1v) is 23.0. The fourth-order valence-corrected chi connectivity index (χ4v) is 6.53. The number of ether oxygens (including phenoxy) is 2. The van der Waals surface area contributed by atoms with Crippen molar-refractivity contribution >= 4 is 19.8 Å². The van der Waals surface area contributed by atoms with Crippen LogP contribution in [0.2, 0.25) is 0 Å². The number of carbonyl (C=O) groups excluding carboxylic acids is 2. The minimum Gasteiger partial charge on any atom is -0.756 e. The third-order valence-corrected chi connectivity index (χ3v) is 10.2. The Kier molecular flexibility index (Phi) is 35.1. The number of phosphoric acid groups is 1. The summed E-state index contributed by atoms with van der Waals surface area (Å²) in [6.07, 6.45) is 37.7. The molecule has 0 rings (SSSR count). The van der Waals surface area contributed by atoms with E-state index >= 15 is 0 Å². The molecule has 0 bridgehead atoms. The van der Waals surface area contributed by atoms with Crippen LogP contribution < -0.4 is 4.89 Å². The Balaban J connectivity index is 4.31. The minimum absolute atomic E-state index is 0.0300. The van der Waals surface area contributed by atoms with Gasteiger partial charge in [-0.2, -0.15) is 0 Å². The van der Waals surface area contributed by atoms with Gasteiger partial charge in [0, 0.05) is 12.8 Å². The number of hydrogen-bond acceptors (Lipinski definition) is 8. The molecule has 2 atom stereocenters. The lowest BCUT2D eigenvalue weighted by Crippen LogP contribution is -2.37. The maximum Gasteiger partial charge on any atom is 0.306 e. The highest BCUT2D eigenvalue weighted by Gasteiger charge is 2.21. The van der Waals surface area contributed by atoms with E-state index in [1.807, 2.05) is 21.1 Å². The van der Waals surface area contributed by atoms with Crippen LogP contribution in [-0.2, 0) is 32.7 Å². The summed E-state index contributed by atoms with van der Waals surface area (Å²) in [5.74, 6) is -0.837. The Morgan fingerprint density at radius 1 is 0.585 bits per heavy atom. The van der Waals surface area contributed by atoms with Gasteiger partial charge in [-0.25, -0.2) is 0 Å². The van der Waals surface area contributed by atoms with Crippen LogP contribution in [0.15, 0.2) is 24.3 Å². The number of unbranched alkanes of at least 4 members (excludes halogenated alkanes) is 21. The number of esters is 2. The van der Waals surface area contributed by atoms with E-state index in [0.29, 0.717) is 17.4 Å². The van der Waals surface area contributed by atoms with Crippen LogP contribution in [0.1, 0.15) is 187 Å². The molecule has 0 fully saturated rings. The van der Waals surface area contributed by atoms with E-state index in [-0.39, 0.29) is 32.0 Å². The van der Waals surface area contributed by atoms with Gasteiger partial charge in [-0.1, -0.05) is 154 Å². The van der Waals surface area contributed by atoms with Gasteiger partial charge in [0.1, 0.15) is 19.8 Å². The zero-order valence-electron chi connectivity index (χ0n) is 35.0. The van der Waals surface area contributed by atoms with Crippen molar-refractivity contribution < 1.29 is 42.1 Å². The Labute approximate surface area is 326 Å². The topological polar surface area (TPSA) is 111 Å². The molecule has 0 aromatic rings. The molecule has 0 aliphatic heterocycles. The molecule has 0 N–H and O–H groups in total. The van der Waals surface area contributed by atoms with Gasteiger partial charge in [0.05, 0.1) is 27.7 Å². The van der Waals surface area contributed by atoms with Gasteiger partial charge in [0.15, 0.2) is 6.10 Å². The van der Waals surface area contributed by atoms with E-state index < -0.39 is 26.5 Å². The van der Waals surface area contributed by atoms with Crippen molar-refractivity contribution in [3.05, 3.63) is 24.3 Å². The molecule has 0 aromatic carbocycles. The van der Waals surface area contributed by atoms with Gasteiger partial charge < -0.3 is 27.9 Å². The fraction of sp³-hybridized carbons (Fsp3) is 0.860. The van der Waals surface area contributed by atoms with Gasteiger partial charge in [-0.15, -0.1) is 0 Å². The fourth-order valence-electron chi connectivity index (χ4n) is 5.80. The number of allylic oxidation sites excluding steroid dienone is 4. The van der Waals surface area contributed by atoms with Crippen LogP contribution in [0.3, 0.4) is 0 Å². The van der Waals surface area contributed by atoms with Crippen molar-refractivity contribution in [3.8, 4) is 0 Å². The Morgan fingerprint density at radius 2 is 1.02 bits per heavy atom. The molecule has 0 saturated heterocycles. The van der Waals surface area contributed by atoms with Crippen molar-refractivity contribution in [1.82, 2.24) is 0 Å². The van der Waals surface area contributed by atoms with E-state index in [1.54, 1.807) is 0 Å². The summed E-state index contributed by atoms with van der Waals surface area (Å²) in [6.45, 7) is 4.19. The Morgan fingerprint density at radius 3 is 1.53 bits per heavy atom. The van der Waals surface area contributed by atoms with Crippen LogP contribution in [0.25, 0.3) is 0 Å². The maximum absolute atomic E-state index is 12.7. The summed E-state index contributed by atoms with van der Waals surface area (Å²) in [5, 5.41) is 0.